The molecule has 148 valence electrons. The Morgan fingerprint density at radius 1 is 1.12 bits per heavy atom. The van der Waals surface area contributed by atoms with Crippen molar-refractivity contribution in [1.29, 1.82) is 0 Å². The lowest BCUT2D eigenvalue weighted by Gasteiger charge is -2.39. The highest BCUT2D eigenvalue weighted by atomic mass is 16.5. The second-order valence-corrected chi connectivity index (χ2v) is 6.85. The molecule has 0 aromatic rings. The van der Waals surface area contributed by atoms with Crippen LogP contribution in [-0.4, -0.2) is 89.3 Å². The third-order valence-corrected chi connectivity index (χ3v) is 4.28. The second kappa shape index (κ2) is 13.3. The van der Waals surface area contributed by atoms with Crippen LogP contribution in [0.4, 0.5) is 0 Å². The first kappa shape index (κ1) is 22.2. The number of rotatable bonds is 12. The largest absolute Gasteiger partial charge is 0.382 e. The Bertz CT molecular complexity index is 358. The van der Waals surface area contributed by atoms with Gasteiger partial charge in [-0.25, -0.2) is 0 Å². The molecule has 0 saturated carbocycles. The third-order valence-electron chi connectivity index (χ3n) is 4.28. The summed E-state index contributed by atoms with van der Waals surface area (Å²) in [6.07, 6.45) is 2.10. The van der Waals surface area contributed by atoms with Gasteiger partial charge in [0.05, 0.1) is 33.0 Å². The van der Waals surface area contributed by atoms with Crippen LogP contribution in [0.25, 0.3) is 0 Å². The van der Waals surface area contributed by atoms with Gasteiger partial charge < -0.3 is 24.8 Å². The maximum atomic E-state index is 5.47. The third kappa shape index (κ3) is 9.99. The fourth-order valence-corrected chi connectivity index (χ4v) is 2.66. The maximum Gasteiger partial charge on any atom is 0.191 e. The maximum absolute atomic E-state index is 5.47. The van der Waals surface area contributed by atoms with Gasteiger partial charge in [0.15, 0.2) is 5.96 Å². The topological polar surface area (TPSA) is 67.4 Å². The van der Waals surface area contributed by atoms with Crippen molar-refractivity contribution in [2.45, 2.75) is 39.2 Å². The van der Waals surface area contributed by atoms with E-state index >= 15 is 0 Å². The molecule has 25 heavy (non-hydrogen) atoms. The van der Waals surface area contributed by atoms with Crippen LogP contribution in [0.5, 0.6) is 0 Å². The standard InChI is InChI=1S/C18H38N4O3/c1-5-19-17(20-8-6-7-11-24-15-14-23-4)21-16-18(2,3)22-9-12-25-13-10-22/h5-16H2,1-4H3,(H2,19,20,21). The summed E-state index contributed by atoms with van der Waals surface area (Å²) in [6.45, 7) is 14.8. The van der Waals surface area contributed by atoms with E-state index in [-0.39, 0.29) is 5.54 Å². The van der Waals surface area contributed by atoms with E-state index in [1.165, 1.54) is 0 Å². The average Bonchev–Trinajstić information content (AvgIpc) is 2.62. The number of aliphatic imine (C=N–C) groups is 1. The van der Waals surface area contributed by atoms with Gasteiger partial charge in [0.25, 0.3) is 0 Å². The van der Waals surface area contributed by atoms with E-state index in [4.69, 9.17) is 19.2 Å². The summed E-state index contributed by atoms with van der Waals surface area (Å²) in [6, 6.07) is 0. The minimum atomic E-state index is 0.0430. The predicted molar refractivity (Wildman–Crippen MR) is 102 cm³/mol. The number of guanidine groups is 1. The molecule has 1 aliphatic heterocycles. The van der Waals surface area contributed by atoms with E-state index in [1.54, 1.807) is 7.11 Å². The summed E-state index contributed by atoms with van der Waals surface area (Å²) in [7, 11) is 1.69. The number of unbranched alkanes of at least 4 members (excludes halogenated alkanes) is 1. The van der Waals surface area contributed by atoms with Crippen LogP contribution in [0.2, 0.25) is 0 Å². The molecule has 1 rings (SSSR count). The summed E-state index contributed by atoms with van der Waals surface area (Å²) < 4.78 is 15.9. The molecule has 2 N–H and O–H groups in total. The van der Waals surface area contributed by atoms with Crippen molar-refractivity contribution in [3.05, 3.63) is 0 Å². The van der Waals surface area contributed by atoms with Crippen LogP contribution in [0, 0.1) is 0 Å². The first-order valence-electron chi connectivity index (χ1n) is 9.52. The summed E-state index contributed by atoms with van der Waals surface area (Å²) in [5.74, 6) is 0.893. The Morgan fingerprint density at radius 2 is 1.88 bits per heavy atom. The molecule has 1 saturated heterocycles. The minimum absolute atomic E-state index is 0.0430. The average molecular weight is 359 g/mol. The Hall–Kier alpha value is -0.890. The van der Waals surface area contributed by atoms with Gasteiger partial charge in [-0.15, -0.1) is 0 Å². The zero-order chi connectivity index (χ0) is 18.4. The minimum Gasteiger partial charge on any atom is -0.382 e. The molecule has 0 aliphatic carbocycles. The summed E-state index contributed by atoms with van der Waals surface area (Å²) in [5.41, 5.74) is 0.0430. The predicted octanol–water partition coefficient (Wildman–Crippen LogP) is 1.10. The quantitative estimate of drug-likeness (QED) is 0.309. The zero-order valence-electron chi connectivity index (χ0n) is 16.6. The van der Waals surface area contributed by atoms with Crippen LogP contribution < -0.4 is 10.6 Å². The lowest BCUT2D eigenvalue weighted by molar-refractivity contribution is -0.00683. The zero-order valence-corrected chi connectivity index (χ0v) is 16.6. The molecule has 0 atom stereocenters. The molecule has 0 aromatic carbocycles. The first-order valence-corrected chi connectivity index (χ1v) is 9.52. The number of ether oxygens (including phenoxy) is 3. The smallest absolute Gasteiger partial charge is 0.191 e. The normalized spacial score (nSPS) is 16.9. The van der Waals surface area contributed by atoms with Crippen molar-refractivity contribution in [2.75, 3.05) is 72.9 Å². The number of nitrogens with one attached hydrogen (secondary N) is 2. The molecule has 7 heteroatoms. The number of morpholine rings is 1. The van der Waals surface area contributed by atoms with Gasteiger partial charge in [-0.1, -0.05) is 0 Å². The molecule has 0 bridgehead atoms. The van der Waals surface area contributed by atoms with E-state index in [2.05, 4.69) is 36.3 Å². The highest BCUT2D eigenvalue weighted by Gasteiger charge is 2.27. The number of methoxy groups -OCH3 is 1. The summed E-state index contributed by atoms with van der Waals surface area (Å²) >= 11 is 0. The molecule has 1 aliphatic rings. The fourth-order valence-electron chi connectivity index (χ4n) is 2.66. The van der Waals surface area contributed by atoms with Crippen molar-refractivity contribution in [2.24, 2.45) is 4.99 Å². The van der Waals surface area contributed by atoms with E-state index in [1.807, 2.05) is 0 Å². The van der Waals surface area contributed by atoms with Crippen LogP contribution in [-0.2, 0) is 14.2 Å². The van der Waals surface area contributed by atoms with Crippen LogP contribution in [0.3, 0.4) is 0 Å². The van der Waals surface area contributed by atoms with Gasteiger partial charge >= 0.3 is 0 Å². The lowest BCUT2D eigenvalue weighted by atomic mass is 10.0. The molecule has 0 aromatic heterocycles. The highest BCUT2D eigenvalue weighted by molar-refractivity contribution is 5.79. The number of hydrogen-bond acceptors (Lipinski definition) is 5. The Balaban J connectivity index is 2.28. The van der Waals surface area contributed by atoms with Gasteiger partial charge in [0.2, 0.25) is 0 Å². The van der Waals surface area contributed by atoms with Crippen molar-refractivity contribution in [3.63, 3.8) is 0 Å². The van der Waals surface area contributed by atoms with Crippen LogP contribution in [0.15, 0.2) is 4.99 Å². The summed E-state index contributed by atoms with van der Waals surface area (Å²) in [4.78, 5) is 7.24. The molecular formula is C18H38N4O3. The number of nitrogens with zero attached hydrogens (tertiary/aromatic N) is 2. The Morgan fingerprint density at radius 3 is 2.56 bits per heavy atom. The molecule has 0 amide bonds. The Labute approximate surface area is 153 Å². The lowest BCUT2D eigenvalue weighted by Crippen LogP contribution is -2.52. The fraction of sp³-hybridized carbons (Fsp3) is 0.944. The van der Waals surface area contributed by atoms with Gasteiger partial charge in [-0.3, -0.25) is 9.89 Å². The van der Waals surface area contributed by atoms with Gasteiger partial charge in [0.1, 0.15) is 0 Å². The number of hydrogen-bond donors (Lipinski definition) is 2. The molecular weight excluding hydrogens is 320 g/mol. The van der Waals surface area contributed by atoms with Crippen LogP contribution in [0.1, 0.15) is 33.6 Å². The molecule has 0 radical (unpaired) electrons. The molecule has 0 spiro atoms. The van der Waals surface area contributed by atoms with Crippen molar-refractivity contribution in [1.82, 2.24) is 15.5 Å². The Kier molecular flexibility index (Phi) is 11.8. The van der Waals surface area contributed by atoms with Crippen LogP contribution >= 0.6 is 0 Å². The highest BCUT2D eigenvalue weighted by Crippen LogP contribution is 2.16. The van der Waals surface area contributed by atoms with E-state index in [0.29, 0.717) is 13.2 Å². The SMILES string of the molecule is CCNC(=NCC(C)(C)N1CCOCC1)NCCCCOCCOC. The first-order chi connectivity index (χ1) is 12.1. The molecule has 1 fully saturated rings. The molecule has 0 unspecified atom stereocenters. The van der Waals surface area contributed by atoms with E-state index in [9.17, 15) is 0 Å². The van der Waals surface area contributed by atoms with Crippen molar-refractivity contribution in [3.8, 4) is 0 Å². The monoisotopic (exact) mass is 358 g/mol. The van der Waals surface area contributed by atoms with E-state index < -0.39 is 0 Å². The van der Waals surface area contributed by atoms with Crippen molar-refractivity contribution < 1.29 is 14.2 Å². The van der Waals surface area contributed by atoms with E-state index in [0.717, 1.165) is 71.3 Å². The molecule has 1 heterocycles. The van der Waals surface area contributed by atoms with Gasteiger partial charge in [0, 0.05) is 45.4 Å². The second-order valence-electron chi connectivity index (χ2n) is 6.85. The van der Waals surface area contributed by atoms with Gasteiger partial charge in [-0.05, 0) is 33.6 Å². The van der Waals surface area contributed by atoms with Gasteiger partial charge in [-0.2, -0.15) is 0 Å². The summed E-state index contributed by atoms with van der Waals surface area (Å²) in [5, 5.41) is 6.74. The van der Waals surface area contributed by atoms with Crippen molar-refractivity contribution >= 4 is 5.96 Å². The molecule has 7 nitrogen and oxygen atoms in total.